The summed E-state index contributed by atoms with van der Waals surface area (Å²) in [6, 6.07) is 11.2. The fourth-order valence-corrected chi connectivity index (χ4v) is 9.98. The maximum absolute atomic E-state index is 15.3. The molecule has 8 rings (SSSR count). The summed E-state index contributed by atoms with van der Waals surface area (Å²) in [7, 11) is 4.12. The number of hydrogen-bond acceptors (Lipinski definition) is 5. The molecular weight excluding hydrogens is 771 g/mol. The number of aromatic nitrogens is 4. The number of carboxylic acid groups (broad SMARTS) is 1. The van der Waals surface area contributed by atoms with Crippen molar-refractivity contribution >= 4 is 62.6 Å². The van der Waals surface area contributed by atoms with Crippen molar-refractivity contribution in [3.8, 4) is 16.9 Å². The second kappa shape index (κ2) is 15.4. The largest absolute Gasteiger partial charge is 0.494 e. The number of amides is 1. The normalized spacial score (nSPS) is 16.6. The van der Waals surface area contributed by atoms with Crippen molar-refractivity contribution in [1.82, 2.24) is 23.8 Å². The Balaban J connectivity index is 1.25. The smallest absolute Gasteiger partial charge is 0.335 e. The van der Waals surface area contributed by atoms with Crippen LogP contribution in [-0.2, 0) is 20.0 Å². The number of hydrogen-bond donors (Lipinski definition) is 1. The average molecular weight is 824 g/mol. The van der Waals surface area contributed by atoms with E-state index in [9.17, 15) is 9.90 Å². The number of nitrogens with zero attached hydrogens (tertiary/aromatic N) is 6. The summed E-state index contributed by atoms with van der Waals surface area (Å²) in [5.41, 5.74) is 11.0. The lowest BCUT2D eigenvalue weighted by Gasteiger charge is -2.34. The number of ether oxygens (including phenoxy) is 1. The first kappa shape index (κ1) is 40.0. The average Bonchev–Trinajstić information content (AvgIpc) is 3.79. The molecule has 12 heteroatoms. The Morgan fingerprint density at radius 3 is 2.33 bits per heavy atom. The minimum absolute atomic E-state index is 0.131. The van der Waals surface area contributed by atoms with Crippen molar-refractivity contribution in [3.63, 3.8) is 0 Å². The van der Waals surface area contributed by atoms with Gasteiger partial charge in [-0.1, -0.05) is 29.3 Å². The molecule has 58 heavy (non-hydrogen) atoms. The third kappa shape index (κ3) is 6.86. The molecule has 0 aliphatic carbocycles. The molecule has 2 aliphatic heterocycles. The van der Waals surface area contributed by atoms with Crippen LogP contribution in [0.15, 0.2) is 42.6 Å². The number of piperidine rings is 1. The van der Waals surface area contributed by atoms with Crippen molar-refractivity contribution in [1.29, 1.82) is 0 Å². The number of aryl methyl sites for hydroxylation is 6. The van der Waals surface area contributed by atoms with E-state index in [0.29, 0.717) is 48.3 Å². The summed E-state index contributed by atoms with van der Waals surface area (Å²) in [5, 5.41) is 18.2. The highest BCUT2D eigenvalue weighted by Gasteiger charge is 2.38. The summed E-state index contributed by atoms with van der Waals surface area (Å²) >= 11 is 13.7. The van der Waals surface area contributed by atoms with Crippen molar-refractivity contribution in [2.45, 2.75) is 79.8 Å². The first-order valence-electron chi connectivity index (χ1n) is 20.3. The Morgan fingerprint density at radius 1 is 0.931 bits per heavy atom. The summed E-state index contributed by atoms with van der Waals surface area (Å²) in [6.45, 7) is 16.1. The number of carboxylic acids is 1. The van der Waals surface area contributed by atoms with Crippen LogP contribution in [0.4, 0.5) is 5.69 Å². The Kier molecular flexibility index (Phi) is 10.7. The van der Waals surface area contributed by atoms with Gasteiger partial charge in [0.25, 0.3) is 5.91 Å². The molecule has 1 amide bonds. The van der Waals surface area contributed by atoms with Gasteiger partial charge in [-0.2, -0.15) is 5.10 Å². The van der Waals surface area contributed by atoms with Crippen molar-refractivity contribution in [2.24, 2.45) is 13.0 Å². The number of benzene rings is 3. The van der Waals surface area contributed by atoms with E-state index in [1.807, 2.05) is 61.7 Å². The number of likely N-dealkylation sites (tertiary alicyclic amines) is 1. The van der Waals surface area contributed by atoms with E-state index in [4.69, 9.17) is 33.0 Å². The summed E-state index contributed by atoms with van der Waals surface area (Å²) in [5.74, 6) is 0.185. The highest BCUT2D eigenvalue weighted by atomic mass is 35.5. The van der Waals surface area contributed by atoms with Crippen LogP contribution in [0.2, 0.25) is 10.0 Å². The molecule has 0 bridgehead atoms. The van der Waals surface area contributed by atoms with Gasteiger partial charge in [0.2, 0.25) is 0 Å². The molecule has 1 atom stereocenters. The van der Waals surface area contributed by atoms with E-state index in [1.54, 1.807) is 12.1 Å². The van der Waals surface area contributed by atoms with Crippen molar-refractivity contribution < 1.29 is 19.4 Å². The molecule has 0 unspecified atom stereocenters. The zero-order valence-electron chi connectivity index (χ0n) is 34.7. The highest BCUT2D eigenvalue weighted by molar-refractivity contribution is 6.35. The first-order chi connectivity index (χ1) is 27.6. The maximum Gasteiger partial charge on any atom is 0.335 e. The molecular formula is C46H52Cl2N6O4. The number of rotatable bonds is 10. The zero-order chi connectivity index (χ0) is 41.3. The van der Waals surface area contributed by atoms with Gasteiger partial charge in [-0.15, -0.1) is 0 Å². The van der Waals surface area contributed by atoms with Crippen LogP contribution in [-0.4, -0.2) is 74.1 Å². The molecule has 0 spiro atoms. The van der Waals surface area contributed by atoms with Gasteiger partial charge in [-0.25, -0.2) is 4.79 Å². The van der Waals surface area contributed by atoms with Crippen LogP contribution in [0.25, 0.3) is 32.9 Å². The maximum atomic E-state index is 15.3. The summed E-state index contributed by atoms with van der Waals surface area (Å²) in [4.78, 5) is 31.7. The SMILES string of the molecule is Cc1cc(OCCCc2c3n(c4c(-c5c(C)nn(CC6CCN(C)CC6)c5C)c(Cl)ccc24)[C@H](C)CN(c2cn(C)c4c(C)cc(C(=O)O)cc24)C3=O)cc(C)c1Cl. The second-order valence-electron chi connectivity index (χ2n) is 16.7. The summed E-state index contributed by atoms with van der Waals surface area (Å²) in [6.07, 6.45) is 5.48. The topological polar surface area (TPSA) is 97.8 Å². The van der Waals surface area contributed by atoms with Crippen LogP contribution in [0.5, 0.6) is 5.75 Å². The van der Waals surface area contributed by atoms with Crippen LogP contribution in [0.1, 0.15) is 86.7 Å². The monoisotopic (exact) mass is 822 g/mol. The van der Waals surface area contributed by atoms with Crippen LogP contribution < -0.4 is 9.64 Å². The fourth-order valence-electron chi connectivity index (χ4n) is 9.63. The van der Waals surface area contributed by atoms with Gasteiger partial charge < -0.3 is 28.8 Å². The standard InChI is InChI=1S/C46H52Cl2N6O4/c1-25-19-33(20-26(2)41(25)48)58-17-9-10-34-35-11-12-37(47)40(39-29(5)49-53(30(39)6)23-31-13-15-50(7)16-14-31)43(35)54-28(4)22-52(45(55)44(34)54)38-24-51(8)42-27(3)18-32(46(56)57)21-36(38)42/h11-12,18-21,24,28,31H,9-10,13-17,22-23H2,1-8H3,(H,56,57)/t28-/m1/s1. The van der Waals surface area contributed by atoms with E-state index in [2.05, 4.69) is 48.0 Å². The van der Waals surface area contributed by atoms with Gasteiger partial charge >= 0.3 is 5.97 Å². The summed E-state index contributed by atoms with van der Waals surface area (Å²) < 4.78 is 12.6. The van der Waals surface area contributed by atoms with E-state index in [1.165, 1.54) is 0 Å². The molecule has 304 valence electrons. The van der Waals surface area contributed by atoms with Gasteiger partial charge in [0, 0.05) is 65.0 Å². The first-order valence-corrected chi connectivity index (χ1v) is 21.0. The number of halogens is 2. The minimum atomic E-state index is -1.00. The number of aromatic carboxylic acids is 1. The number of carbonyl (C=O) groups excluding carboxylic acids is 1. The molecule has 3 aromatic carbocycles. The van der Waals surface area contributed by atoms with Gasteiger partial charge in [0.1, 0.15) is 11.4 Å². The lowest BCUT2D eigenvalue weighted by atomic mass is 9.96. The van der Waals surface area contributed by atoms with Gasteiger partial charge in [0.05, 0.1) is 39.6 Å². The molecule has 3 aromatic heterocycles. The molecule has 6 aromatic rings. The molecule has 0 radical (unpaired) electrons. The van der Waals surface area contributed by atoms with E-state index in [-0.39, 0.29) is 17.5 Å². The molecule has 10 nitrogen and oxygen atoms in total. The zero-order valence-corrected chi connectivity index (χ0v) is 36.2. The predicted molar refractivity (Wildman–Crippen MR) is 234 cm³/mol. The number of anilines is 1. The molecule has 1 N–H and O–H groups in total. The third-order valence-corrected chi connectivity index (χ3v) is 13.4. The number of carbonyl (C=O) groups is 2. The molecule has 0 saturated carbocycles. The molecule has 1 saturated heterocycles. The van der Waals surface area contributed by atoms with E-state index >= 15 is 4.79 Å². The Morgan fingerprint density at radius 2 is 1.64 bits per heavy atom. The van der Waals surface area contributed by atoms with Crippen LogP contribution in [0.3, 0.4) is 0 Å². The van der Waals surface area contributed by atoms with Gasteiger partial charge in [-0.3, -0.25) is 9.48 Å². The minimum Gasteiger partial charge on any atom is -0.494 e. The van der Waals surface area contributed by atoms with E-state index < -0.39 is 5.97 Å². The predicted octanol–water partition coefficient (Wildman–Crippen LogP) is 10.1. The fraction of sp³-hybridized carbons (Fsp3) is 0.413. The second-order valence-corrected chi connectivity index (χ2v) is 17.5. The molecule has 5 heterocycles. The third-order valence-electron chi connectivity index (χ3n) is 12.5. The van der Waals surface area contributed by atoms with E-state index in [0.717, 1.165) is 110 Å². The quantitative estimate of drug-likeness (QED) is 0.138. The van der Waals surface area contributed by atoms with Crippen LogP contribution >= 0.6 is 23.2 Å². The molecule has 2 aliphatic rings. The van der Waals surface area contributed by atoms with Gasteiger partial charge in [0.15, 0.2) is 0 Å². The molecule has 1 fully saturated rings. The van der Waals surface area contributed by atoms with Crippen molar-refractivity contribution in [2.75, 3.05) is 38.2 Å². The Bertz CT molecular complexity index is 2600. The highest BCUT2D eigenvalue weighted by Crippen LogP contribution is 2.46. The Labute approximate surface area is 349 Å². The van der Waals surface area contributed by atoms with Crippen molar-refractivity contribution in [3.05, 3.63) is 97.5 Å². The lowest BCUT2D eigenvalue weighted by Crippen LogP contribution is -2.42. The Hall–Kier alpha value is -4.77. The lowest BCUT2D eigenvalue weighted by molar-refractivity contribution is 0.0696. The number of fused-ring (bicyclic) bond motifs is 4. The van der Waals surface area contributed by atoms with Gasteiger partial charge in [-0.05, 0) is 146 Å². The van der Waals surface area contributed by atoms with Crippen LogP contribution in [0, 0.1) is 40.5 Å².